The highest BCUT2D eigenvalue weighted by molar-refractivity contribution is 9.09. The summed E-state index contributed by atoms with van der Waals surface area (Å²) in [6.45, 7) is 3.27. The van der Waals surface area contributed by atoms with E-state index in [9.17, 15) is 14.9 Å². The van der Waals surface area contributed by atoms with Crippen LogP contribution in [0.1, 0.15) is 21.5 Å². The molecular weight excluding hydrogens is 262 g/mol. The molecule has 0 N–H and O–H groups in total. The summed E-state index contributed by atoms with van der Waals surface area (Å²) in [5.41, 5.74) is 1.63. The smallest absolute Gasteiger partial charge is 0.275 e. The van der Waals surface area contributed by atoms with E-state index in [0.29, 0.717) is 16.7 Å². The van der Waals surface area contributed by atoms with Gasteiger partial charge in [-0.3, -0.25) is 14.9 Å². The Labute approximate surface area is 95.6 Å². The molecule has 0 heterocycles. The third-order valence-electron chi connectivity index (χ3n) is 2.12. The van der Waals surface area contributed by atoms with Crippen molar-refractivity contribution in [3.05, 3.63) is 38.9 Å². The number of nitro groups is 1. The lowest BCUT2D eigenvalue weighted by Gasteiger charge is -2.04. The van der Waals surface area contributed by atoms with Crippen LogP contribution in [0.5, 0.6) is 0 Å². The third-order valence-corrected chi connectivity index (χ3v) is 2.63. The molecule has 0 saturated heterocycles. The van der Waals surface area contributed by atoms with Gasteiger partial charge >= 0.3 is 0 Å². The maximum atomic E-state index is 11.4. The van der Waals surface area contributed by atoms with Crippen LogP contribution in [0.3, 0.4) is 0 Å². The van der Waals surface area contributed by atoms with Crippen LogP contribution in [0.25, 0.3) is 0 Å². The maximum absolute atomic E-state index is 11.4. The van der Waals surface area contributed by atoms with Crippen molar-refractivity contribution < 1.29 is 9.72 Å². The number of alkyl halides is 1. The summed E-state index contributed by atoms with van der Waals surface area (Å²) in [6, 6.07) is 3.10. The Morgan fingerprint density at radius 2 is 1.87 bits per heavy atom. The van der Waals surface area contributed by atoms with Gasteiger partial charge in [-0.2, -0.15) is 0 Å². The second-order valence-electron chi connectivity index (χ2n) is 3.27. The van der Waals surface area contributed by atoms with E-state index in [4.69, 9.17) is 0 Å². The molecule has 4 nitrogen and oxygen atoms in total. The van der Waals surface area contributed by atoms with Gasteiger partial charge < -0.3 is 0 Å². The van der Waals surface area contributed by atoms with Crippen molar-refractivity contribution in [3.8, 4) is 0 Å². The van der Waals surface area contributed by atoms with E-state index in [1.54, 1.807) is 26.0 Å². The SMILES string of the molecule is Cc1cc(C(=O)CBr)cc(C)c1[N+](=O)[O-]. The van der Waals surface area contributed by atoms with E-state index in [2.05, 4.69) is 15.9 Å². The number of benzene rings is 1. The minimum absolute atomic E-state index is 0.0731. The van der Waals surface area contributed by atoms with Crippen molar-refractivity contribution in [2.45, 2.75) is 13.8 Å². The summed E-state index contributed by atoms with van der Waals surface area (Å²) in [4.78, 5) is 21.7. The van der Waals surface area contributed by atoms with Crippen molar-refractivity contribution in [2.24, 2.45) is 0 Å². The normalized spacial score (nSPS) is 10.1. The van der Waals surface area contributed by atoms with Gasteiger partial charge in [0.05, 0.1) is 10.3 Å². The molecule has 0 aliphatic rings. The van der Waals surface area contributed by atoms with Crippen molar-refractivity contribution in [1.82, 2.24) is 0 Å². The quantitative estimate of drug-likeness (QED) is 0.368. The first-order chi connectivity index (χ1) is 6.97. The minimum Gasteiger partial charge on any atom is -0.293 e. The molecular formula is C10H10BrNO3. The lowest BCUT2D eigenvalue weighted by molar-refractivity contribution is -0.386. The molecule has 5 heteroatoms. The molecule has 0 atom stereocenters. The first kappa shape index (κ1) is 11.8. The predicted molar refractivity (Wildman–Crippen MR) is 60.7 cm³/mol. The number of halogens is 1. The Bertz CT molecular complexity index is 406. The Hall–Kier alpha value is -1.23. The van der Waals surface area contributed by atoms with Gasteiger partial charge in [0, 0.05) is 16.7 Å². The maximum Gasteiger partial charge on any atom is 0.275 e. The zero-order valence-electron chi connectivity index (χ0n) is 8.41. The van der Waals surface area contributed by atoms with Gasteiger partial charge in [0.25, 0.3) is 5.69 Å². The van der Waals surface area contributed by atoms with Crippen molar-refractivity contribution in [1.29, 1.82) is 0 Å². The van der Waals surface area contributed by atoms with E-state index in [1.807, 2.05) is 0 Å². The number of rotatable bonds is 3. The molecule has 1 aromatic rings. The van der Waals surface area contributed by atoms with Crippen LogP contribution in [0.4, 0.5) is 5.69 Å². The largest absolute Gasteiger partial charge is 0.293 e. The summed E-state index contributed by atoms with van der Waals surface area (Å²) < 4.78 is 0. The van der Waals surface area contributed by atoms with Crippen LogP contribution in [-0.4, -0.2) is 16.0 Å². The second kappa shape index (κ2) is 4.53. The zero-order valence-corrected chi connectivity index (χ0v) is 10.00. The van der Waals surface area contributed by atoms with E-state index in [-0.39, 0.29) is 16.8 Å². The summed E-state index contributed by atoms with van der Waals surface area (Å²) in [5.74, 6) is -0.0731. The minimum atomic E-state index is -0.424. The molecule has 0 amide bonds. The standard InChI is InChI=1S/C10H10BrNO3/c1-6-3-8(9(13)5-11)4-7(2)10(6)12(14)15/h3-4H,5H2,1-2H3. The first-order valence-corrected chi connectivity index (χ1v) is 5.44. The van der Waals surface area contributed by atoms with E-state index in [1.165, 1.54) is 0 Å². The summed E-state index contributed by atoms with van der Waals surface area (Å²) >= 11 is 3.06. The van der Waals surface area contributed by atoms with Gasteiger partial charge in [-0.25, -0.2) is 0 Å². The molecule has 1 rings (SSSR count). The van der Waals surface area contributed by atoms with Crippen LogP contribution in [0.15, 0.2) is 12.1 Å². The van der Waals surface area contributed by atoms with Gasteiger partial charge in [-0.1, -0.05) is 15.9 Å². The van der Waals surface area contributed by atoms with Crippen molar-refractivity contribution >= 4 is 27.4 Å². The molecule has 0 saturated carbocycles. The monoisotopic (exact) mass is 271 g/mol. The Morgan fingerprint density at radius 1 is 1.40 bits per heavy atom. The van der Waals surface area contributed by atoms with Gasteiger partial charge in [0.15, 0.2) is 5.78 Å². The molecule has 0 aliphatic heterocycles. The number of nitro benzene ring substituents is 1. The summed E-state index contributed by atoms with van der Waals surface area (Å²) in [7, 11) is 0. The molecule has 80 valence electrons. The van der Waals surface area contributed by atoms with E-state index >= 15 is 0 Å². The van der Waals surface area contributed by atoms with E-state index in [0.717, 1.165) is 0 Å². The number of nitrogens with zero attached hydrogens (tertiary/aromatic N) is 1. The van der Waals surface area contributed by atoms with Crippen LogP contribution >= 0.6 is 15.9 Å². The topological polar surface area (TPSA) is 60.2 Å². The predicted octanol–water partition coefficient (Wildman–Crippen LogP) is 2.79. The van der Waals surface area contributed by atoms with Crippen molar-refractivity contribution in [3.63, 3.8) is 0 Å². The van der Waals surface area contributed by atoms with Crippen LogP contribution in [-0.2, 0) is 0 Å². The fourth-order valence-electron chi connectivity index (χ4n) is 1.48. The third kappa shape index (κ3) is 2.41. The van der Waals surface area contributed by atoms with E-state index < -0.39 is 4.92 Å². The van der Waals surface area contributed by atoms with Gasteiger partial charge in [0.2, 0.25) is 0 Å². The summed E-state index contributed by atoms with van der Waals surface area (Å²) in [5, 5.41) is 10.9. The molecule has 1 aromatic carbocycles. The Balaban J connectivity index is 3.31. The van der Waals surface area contributed by atoms with Gasteiger partial charge in [0.1, 0.15) is 0 Å². The molecule has 0 radical (unpaired) electrons. The molecule has 0 bridgehead atoms. The highest BCUT2D eigenvalue weighted by Gasteiger charge is 2.17. The van der Waals surface area contributed by atoms with Crippen LogP contribution in [0, 0.1) is 24.0 Å². The number of aryl methyl sites for hydroxylation is 2. The fourth-order valence-corrected chi connectivity index (χ4v) is 1.81. The highest BCUT2D eigenvalue weighted by Crippen LogP contribution is 2.24. The zero-order chi connectivity index (χ0) is 11.6. The number of ketones is 1. The van der Waals surface area contributed by atoms with Gasteiger partial charge in [-0.05, 0) is 26.0 Å². The molecule has 0 fully saturated rings. The highest BCUT2D eigenvalue weighted by atomic mass is 79.9. The molecule has 0 aliphatic carbocycles. The number of hydrogen-bond donors (Lipinski definition) is 0. The molecule has 0 spiro atoms. The number of carbonyl (C=O) groups is 1. The first-order valence-electron chi connectivity index (χ1n) is 4.32. The molecule has 0 unspecified atom stereocenters. The molecule has 15 heavy (non-hydrogen) atoms. The lowest BCUT2D eigenvalue weighted by atomic mass is 10.0. The average molecular weight is 272 g/mol. The molecule has 0 aromatic heterocycles. The van der Waals surface area contributed by atoms with Crippen molar-refractivity contribution in [2.75, 3.05) is 5.33 Å². The fraction of sp³-hybridized carbons (Fsp3) is 0.300. The number of Topliss-reactive ketones (excluding diaryl/α,β-unsaturated/α-hetero) is 1. The Morgan fingerprint density at radius 3 is 2.20 bits per heavy atom. The van der Waals surface area contributed by atoms with Gasteiger partial charge in [-0.15, -0.1) is 0 Å². The Kier molecular flexibility index (Phi) is 3.57. The second-order valence-corrected chi connectivity index (χ2v) is 3.83. The average Bonchev–Trinajstić information content (AvgIpc) is 2.14. The number of hydrogen-bond acceptors (Lipinski definition) is 3. The lowest BCUT2D eigenvalue weighted by Crippen LogP contribution is -2.03. The van der Waals surface area contributed by atoms with Crippen LogP contribution in [0.2, 0.25) is 0 Å². The van der Waals surface area contributed by atoms with Crippen LogP contribution < -0.4 is 0 Å². The number of carbonyl (C=O) groups excluding carboxylic acids is 1. The summed E-state index contributed by atoms with van der Waals surface area (Å²) in [6.07, 6.45) is 0.